The smallest absolute Gasteiger partial charge is 0.233 e. The van der Waals surface area contributed by atoms with Crippen LogP contribution in [0.4, 0.5) is 0 Å². The number of amides is 1. The topological polar surface area (TPSA) is 41.1 Å². The van der Waals surface area contributed by atoms with E-state index >= 15 is 0 Å². The number of hydrogen-bond donors (Lipinski definition) is 2. The Balaban J connectivity index is 2.32. The summed E-state index contributed by atoms with van der Waals surface area (Å²) in [7, 11) is 1.78. The third kappa shape index (κ3) is 1.78. The largest absolute Gasteiger partial charge is 0.355 e. The minimum absolute atomic E-state index is 0.0889. The van der Waals surface area contributed by atoms with Crippen molar-refractivity contribution in [3.63, 3.8) is 0 Å². The Labute approximate surface area is 86.6 Å². The van der Waals surface area contributed by atoms with Crippen molar-refractivity contribution >= 4 is 5.91 Å². The maximum Gasteiger partial charge on any atom is 0.233 e. The average Bonchev–Trinajstić information content (AvgIpc) is 2.41. The van der Waals surface area contributed by atoms with E-state index in [0.29, 0.717) is 23.3 Å². The van der Waals surface area contributed by atoms with Crippen LogP contribution in [0.15, 0.2) is 0 Å². The van der Waals surface area contributed by atoms with Gasteiger partial charge in [-0.25, -0.2) is 0 Å². The van der Waals surface area contributed by atoms with Crippen LogP contribution in [0, 0.1) is 16.7 Å². The molecule has 82 valence electrons. The monoisotopic (exact) mass is 198 g/mol. The number of carbonyl (C=O) groups excluding carboxylic acids is 1. The third-order valence-electron chi connectivity index (χ3n) is 4.16. The van der Waals surface area contributed by atoms with Gasteiger partial charge in [0, 0.05) is 6.54 Å². The lowest BCUT2D eigenvalue weighted by molar-refractivity contribution is -0.120. The SMILES string of the molecule is CNCC(=O)NCC1C(C)(C)C1(C)C. The van der Waals surface area contributed by atoms with E-state index in [-0.39, 0.29) is 5.91 Å². The quantitative estimate of drug-likeness (QED) is 0.707. The first-order chi connectivity index (χ1) is 6.34. The highest BCUT2D eigenvalue weighted by molar-refractivity contribution is 5.78. The number of hydrogen-bond acceptors (Lipinski definition) is 2. The van der Waals surface area contributed by atoms with Crippen molar-refractivity contribution < 1.29 is 4.79 Å². The van der Waals surface area contributed by atoms with Gasteiger partial charge in [0.05, 0.1) is 6.54 Å². The highest BCUT2D eigenvalue weighted by Crippen LogP contribution is 2.67. The summed E-state index contributed by atoms with van der Waals surface area (Å²) in [6.45, 7) is 10.3. The zero-order valence-electron chi connectivity index (χ0n) is 9.90. The maximum absolute atomic E-state index is 11.2. The second-order valence-electron chi connectivity index (χ2n) is 5.33. The van der Waals surface area contributed by atoms with Gasteiger partial charge in [-0.3, -0.25) is 4.79 Å². The van der Waals surface area contributed by atoms with E-state index in [1.54, 1.807) is 7.05 Å². The molecule has 0 radical (unpaired) electrons. The Morgan fingerprint density at radius 1 is 1.21 bits per heavy atom. The van der Waals surface area contributed by atoms with Crippen molar-refractivity contribution in [2.45, 2.75) is 27.7 Å². The molecule has 0 unspecified atom stereocenters. The molecule has 0 aliphatic heterocycles. The molecule has 1 rings (SSSR count). The molecular weight excluding hydrogens is 176 g/mol. The van der Waals surface area contributed by atoms with Crippen LogP contribution >= 0.6 is 0 Å². The van der Waals surface area contributed by atoms with Gasteiger partial charge >= 0.3 is 0 Å². The summed E-state index contributed by atoms with van der Waals surface area (Å²) >= 11 is 0. The van der Waals surface area contributed by atoms with Crippen LogP contribution < -0.4 is 10.6 Å². The third-order valence-corrected chi connectivity index (χ3v) is 4.16. The normalized spacial score (nSPS) is 23.2. The van der Waals surface area contributed by atoms with Crippen molar-refractivity contribution in [1.29, 1.82) is 0 Å². The number of nitrogens with one attached hydrogen (secondary N) is 2. The lowest BCUT2D eigenvalue weighted by Crippen LogP contribution is -2.34. The zero-order chi connectivity index (χ0) is 11.0. The van der Waals surface area contributed by atoms with Crippen LogP contribution in [-0.4, -0.2) is 26.0 Å². The van der Waals surface area contributed by atoms with Crippen LogP contribution in [0.5, 0.6) is 0 Å². The van der Waals surface area contributed by atoms with Gasteiger partial charge in [-0.1, -0.05) is 27.7 Å². The lowest BCUT2D eigenvalue weighted by Gasteiger charge is -2.05. The Hall–Kier alpha value is -0.570. The van der Waals surface area contributed by atoms with E-state index in [1.807, 2.05) is 0 Å². The predicted molar refractivity (Wildman–Crippen MR) is 58.0 cm³/mol. The summed E-state index contributed by atoms with van der Waals surface area (Å²) in [5, 5.41) is 5.80. The highest BCUT2D eigenvalue weighted by Gasteiger charge is 2.64. The van der Waals surface area contributed by atoms with E-state index in [1.165, 1.54) is 0 Å². The molecule has 0 spiro atoms. The summed E-state index contributed by atoms with van der Waals surface area (Å²) in [5.74, 6) is 0.696. The molecular formula is C11H22N2O. The zero-order valence-corrected chi connectivity index (χ0v) is 9.90. The number of likely N-dealkylation sites (N-methyl/N-ethyl adjacent to an activating group) is 1. The maximum atomic E-state index is 11.2. The van der Waals surface area contributed by atoms with Crippen LogP contribution in [0.25, 0.3) is 0 Å². The minimum atomic E-state index is 0.0889. The fraction of sp³-hybridized carbons (Fsp3) is 0.909. The molecule has 0 saturated heterocycles. The van der Waals surface area contributed by atoms with Gasteiger partial charge in [0.1, 0.15) is 0 Å². The van der Waals surface area contributed by atoms with Gasteiger partial charge in [0.2, 0.25) is 5.91 Å². The average molecular weight is 198 g/mol. The molecule has 0 aromatic carbocycles. The Morgan fingerprint density at radius 2 is 1.71 bits per heavy atom. The molecule has 3 heteroatoms. The van der Waals surface area contributed by atoms with Crippen LogP contribution in [0.1, 0.15) is 27.7 Å². The van der Waals surface area contributed by atoms with E-state index in [2.05, 4.69) is 38.3 Å². The Bertz CT molecular complexity index is 219. The number of rotatable bonds is 4. The summed E-state index contributed by atoms with van der Waals surface area (Å²) in [5.41, 5.74) is 0.722. The molecule has 1 aliphatic carbocycles. The van der Waals surface area contributed by atoms with E-state index in [0.717, 1.165) is 6.54 Å². The predicted octanol–water partition coefficient (Wildman–Crippen LogP) is 1.00. The van der Waals surface area contributed by atoms with Crippen LogP contribution in [0.2, 0.25) is 0 Å². The number of carbonyl (C=O) groups is 1. The summed E-state index contributed by atoms with van der Waals surface area (Å²) in [6, 6.07) is 0. The molecule has 0 heterocycles. The van der Waals surface area contributed by atoms with Crippen molar-refractivity contribution in [3.8, 4) is 0 Å². The first kappa shape index (κ1) is 11.5. The molecule has 1 amide bonds. The first-order valence-electron chi connectivity index (χ1n) is 5.25. The summed E-state index contributed by atoms with van der Waals surface area (Å²) < 4.78 is 0. The molecule has 0 bridgehead atoms. The van der Waals surface area contributed by atoms with Gasteiger partial charge in [0.15, 0.2) is 0 Å². The Kier molecular flexibility index (Phi) is 2.91. The van der Waals surface area contributed by atoms with Gasteiger partial charge in [-0.15, -0.1) is 0 Å². The molecule has 1 aliphatic rings. The molecule has 2 N–H and O–H groups in total. The van der Waals surface area contributed by atoms with Crippen LogP contribution in [-0.2, 0) is 4.79 Å². The molecule has 0 aromatic heterocycles. The minimum Gasteiger partial charge on any atom is -0.355 e. The van der Waals surface area contributed by atoms with Gasteiger partial charge in [0.25, 0.3) is 0 Å². The fourth-order valence-corrected chi connectivity index (χ4v) is 2.28. The Morgan fingerprint density at radius 3 is 2.07 bits per heavy atom. The van der Waals surface area contributed by atoms with Crippen molar-refractivity contribution in [2.75, 3.05) is 20.1 Å². The molecule has 1 saturated carbocycles. The van der Waals surface area contributed by atoms with Gasteiger partial charge in [-0.2, -0.15) is 0 Å². The van der Waals surface area contributed by atoms with Crippen molar-refractivity contribution in [2.24, 2.45) is 16.7 Å². The molecule has 14 heavy (non-hydrogen) atoms. The van der Waals surface area contributed by atoms with E-state index < -0.39 is 0 Å². The second-order valence-corrected chi connectivity index (χ2v) is 5.33. The second kappa shape index (κ2) is 3.54. The summed E-state index contributed by atoms with van der Waals surface area (Å²) in [6.07, 6.45) is 0. The molecule has 3 nitrogen and oxygen atoms in total. The first-order valence-corrected chi connectivity index (χ1v) is 5.25. The molecule has 1 fully saturated rings. The standard InChI is InChI=1S/C11H22N2O/c1-10(2)8(11(10,3)4)6-13-9(14)7-12-5/h8,12H,6-7H2,1-5H3,(H,13,14). The van der Waals surface area contributed by atoms with Gasteiger partial charge < -0.3 is 10.6 Å². The highest BCUT2D eigenvalue weighted by atomic mass is 16.1. The van der Waals surface area contributed by atoms with E-state index in [9.17, 15) is 4.79 Å². The van der Waals surface area contributed by atoms with Gasteiger partial charge in [-0.05, 0) is 23.8 Å². The lowest BCUT2D eigenvalue weighted by atomic mass is 10.0. The van der Waals surface area contributed by atoms with E-state index in [4.69, 9.17) is 0 Å². The van der Waals surface area contributed by atoms with Crippen molar-refractivity contribution in [1.82, 2.24) is 10.6 Å². The van der Waals surface area contributed by atoms with Crippen LogP contribution in [0.3, 0.4) is 0 Å². The summed E-state index contributed by atoms with van der Waals surface area (Å²) in [4.78, 5) is 11.2. The fourth-order valence-electron chi connectivity index (χ4n) is 2.28. The molecule has 0 atom stereocenters. The molecule has 0 aromatic rings. The van der Waals surface area contributed by atoms with Crippen molar-refractivity contribution in [3.05, 3.63) is 0 Å².